The van der Waals surface area contributed by atoms with Crippen LogP contribution in [0.15, 0.2) is 55.0 Å². The molecule has 0 spiro atoms. The van der Waals surface area contributed by atoms with Crippen LogP contribution in [-0.4, -0.2) is 32.9 Å². The van der Waals surface area contributed by atoms with Crippen LogP contribution in [0.25, 0.3) is 11.1 Å². The zero-order chi connectivity index (χ0) is 18.6. The number of rotatable bonds is 4. The number of pyridine rings is 1. The molecule has 0 bridgehead atoms. The summed E-state index contributed by atoms with van der Waals surface area (Å²) in [6.45, 7) is 2.83. The third-order valence-corrected chi connectivity index (χ3v) is 5.01. The first-order valence-electron chi connectivity index (χ1n) is 9.18. The second-order valence-corrected chi connectivity index (χ2v) is 6.97. The molecule has 6 heteroatoms. The Morgan fingerprint density at radius 1 is 1.15 bits per heavy atom. The maximum absolute atomic E-state index is 13.3. The summed E-state index contributed by atoms with van der Waals surface area (Å²) in [4.78, 5) is 15.4. The van der Waals surface area contributed by atoms with Gasteiger partial charge in [0.1, 0.15) is 5.82 Å². The van der Waals surface area contributed by atoms with Crippen LogP contribution < -0.4 is 5.73 Å². The average molecular weight is 363 g/mol. The Bertz CT molecular complexity index is 898. The molecular weight excluding hydrogens is 341 g/mol. The van der Waals surface area contributed by atoms with Crippen molar-refractivity contribution in [2.45, 2.75) is 25.3 Å². The van der Waals surface area contributed by atoms with Gasteiger partial charge >= 0.3 is 0 Å². The molecule has 2 aromatic heterocycles. The molecule has 0 amide bonds. The number of anilines is 1. The number of hydrogen-bond donors (Lipinski definition) is 1. The predicted octanol–water partition coefficient (Wildman–Crippen LogP) is 3.64. The topological polar surface area (TPSA) is 67.9 Å². The fraction of sp³-hybridized carbons (Fsp3) is 0.286. The largest absolute Gasteiger partial charge is 0.368 e. The Morgan fingerprint density at radius 2 is 2.00 bits per heavy atom. The van der Waals surface area contributed by atoms with Gasteiger partial charge < -0.3 is 5.73 Å². The van der Waals surface area contributed by atoms with E-state index in [0.717, 1.165) is 49.3 Å². The Balaban J connectivity index is 1.60. The standard InChI is InChI=1S/C21H22FN5/c22-18-7-5-16(6-8-18)19-12-25-21(23)26-20(19)17-4-2-10-27(14-17)13-15-3-1-9-24-11-15/h1,3,5-9,11-12,17H,2,4,10,13-14H2,(H2,23,25,26)/t17-/m0/s1. The van der Waals surface area contributed by atoms with Gasteiger partial charge in [0.05, 0.1) is 5.69 Å². The van der Waals surface area contributed by atoms with Gasteiger partial charge in [-0.25, -0.2) is 14.4 Å². The van der Waals surface area contributed by atoms with Gasteiger partial charge in [-0.1, -0.05) is 18.2 Å². The first-order chi connectivity index (χ1) is 13.2. The number of nitrogen functional groups attached to an aromatic ring is 1. The number of nitrogens with zero attached hydrogens (tertiary/aromatic N) is 4. The minimum atomic E-state index is -0.253. The number of halogens is 1. The van der Waals surface area contributed by atoms with Crippen molar-refractivity contribution in [1.82, 2.24) is 19.9 Å². The van der Waals surface area contributed by atoms with Crippen LogP contribution in [-0.2, 0) is 6.54 Å². The Hall–Kier alpha value is -2.86. The van der Waals surface area contributed by atoms with E-state index in [-0.39, 0.29) is 17.7 Å². The number of nitrogens with two attached hydrogens (primary N) is 1. The lowest BCUT2D eigenvalue weighted by molar-refractivity contribution is 0.198. The monoisotopic (exact) mass is 363 g/mol. The van der Waals surface area contributed by atoms with Crippen molar-refractivity contribution in [3.8, 4) is 11.1 Å². The number of likely N-dealkylation sites (tertiary alicyclic amines) is 1. The first kappa shape index (κ1) is 17.5. The number of benzene rings is 1. The van der Waals surface area contributed by atoms with Crippen molar-refractivity contribution in [3.63, 3.8) is 0 Å². The molecule has 1 aliphatic rings. The molecule has 4 rings (SSSR count). The SMILES string of the molecule is Nc1ncc(-c2ccc(F)cc2)c([C@H]2CCCN(Cc3cccnc3)C2)n1. The number of aromatic nitrogens is 3. The van der Waals surface area contributed by atoms with Crippen LogP contribution in [0.1, 0.15) is 30.0 Å². The van der Waals surface area contributed by atoms with E-state index in [9.17, 15) is 4.39 Å². The molecule has 3 aromatic rings. The minimum Gasteiger partial charge on any atom is -0.368 e. The second-order valence-electron chi connectivity index (χ2n) is 6.97. The highest BCUT2D eigenvalue weighted by molar-refractivity contribution is 5.66. The lowest BCUT2D eigenvalue weighted by Gasteiger charge is -2.33. The van der Waals surface area contributed by atoms with Crippen LogP contribution in [0.2, 0.25) is 0 Å². The highest BCUT2D eigenvalue weighted by atomic mass is 19.1. The highest BCUT2D eigenvalue weighted by Gasteiger charge is 2.25. The summed E-state index contributed by atoms with van der Waals surface area (Å²) in [5.41, 5.74) is 9.89. The number of hydrogen-bond acceptors (Lipinski definition) is 5. The minimum absolute atomic E-state index is 0.253. The maximum atomic E-state index is 13.3. The van der Waals surface area contributed by atoms with Gasteiger partial charge in [-0.2, -0.15) is 0 Å². The summed E-state index contributed by atoms with van der Waals surface area (Å²) in [5.74, 6) is 0.290. The molecule has 1 atom stereocenters. The van der Waals surface area contributed by atoms with Crippen molar-refractivity contribution in [1.29, 1.82) is 0 Å². The molecule has 0 aliphatic carbocycles. The average Bonchev–Trinajstić information content (AvgIpc) is 2.70. The van der Waals surface area contributed by atoms with E-state index in [0.29, 0.717) is 0 Å². The quantitative estimate of drug-likeness (QED) is 0.766. The summed E-state index contributed by atoms with van der Waals surface area (Å²) < 4.78 is 13.3. The van der Waals surface area contributed by atoms with E-state index < -0.39 is 0 Å². The third-order valence-electron chi connectivity index (χ3n) is 5.01. The van der Waals surface area contributed by atoms with Crippen molar-refractivity contribution in [3.05, 3.63) is 72.1 Å². The summed E-state index contributed by atoms with van der Waals surface area (Å²) in [7, 11) is 0. The van der Waals surface area contributed by atoms with Crippen molar-refractivity contribution in [2.24, 2.45) is 0 Å². The molecule has 0 radical (unpaired) electrons. The van der Waals surface area contributed by atoms with E-state index in [1.165, 1.54) is 17.7 Å². The molecule has 0 saturated carbocycles. The van der Waals surface area contributed by atoms with E-state index in [2.05, 4.69) is 25.9 Å². The molecule has 1 saturated heterocycles. The molecule has 0 unspecified atom stereocenters. The third kappa shape index (κ3) is 4.11. The fourth-order valence-electron chi connectivity index (χ4n) is 3.74. The molecule has 3 heterocycles. The summed E-state index contributed by atoms with van der Waals surface area (Å²) in [6, 6.07) is 10.5. The van der Waals surface area contributed by atoms with Gasteiger partial charge in [0.25, 0.3) is 0 Å². The van der Waals surface area contributed by atoms with Gasteiger partial charge in [0.15, 0.2) is 0 Å². The molecule has 1 fully saturated rings. The van der Waals surface area contributed by atoms with Crippen molar-refractivity contribution >= 4 is 5.95 Å². The lowest BCUT2D eigenvalue weighted by Crippen LogP contribution is -2.34. The molecule has 5 nitrogen and oxygen atoms in total. The summed E-state index contributed by atoms with van der Waals surface area (Å²) in [6.07, 6.45) is 7.61. The summed E-state index contributed by atoms with van der Waals surface area (Å²) >= 11 is 0. The van der Waals surface area contributed by atoms with Crippen LogP contribution in [0.5, 0.6) is 0 Å². The lowest BCUT2D eigenvalue weighted by atomic mass is 9.89. The Kier molecular flexibility index (Phi) is 5.07. The smallest absolute Gasteiger partial charge is 0.220 e. The maximum Gasteiger partial charge on any atom is 0.220 e. The van der Waals surface area contributed by atoms with E-state index in [1.54, 1.807) is 24.5 Å². The molecular formula is C21H22FN5. The zero-order valence-corrected chi connectivity index (χ0v) is 15.1. The molecule has 2 N–H and O–H groups in total. The number of piperidine rings is 1. The second kappa shape index (κ2) is 7.80. The fourth-order valence-corrected chi connectivity index (χ4v) is 3.74. The van der Waals surface area contributed by atoms with Gasteiger partial charge in [-0.15, -0.1) is 0 Å². The van der Waals surface area contributed by atoms with E-state index in [4.69, 9.17) is 5.73 Å². The molecule has 138 valence electrons. The van der Waals surface area contributed by atoms with Crippen molar-refractivity contribution < 1.29 is 4.39 Å². The van der Waals surface area contributed by atoms with Crippen LogP contribution >= 0.6 is 0 Å². The molecule has 1 aliphatic heterocycles. The predicted molar refractivity (Wildman–Crippen MR) is 103 cm³/mol. The Labute approximate surface area is 158 Å². The molecule has 1 aromatic carbocycles. The molecule has 27 heavy (non-hydrogen) atoms. The zero-order valence-electron chi connectivity index (χ0n) is 15.1. The highest BCUT2D eigenvalue weighted by Crippen LogP contribution is 2.33. The van der Waals surface area contributed by atoms with Crippen molar-refractivity contribution in [2.75, 3.05) is 18.8 Å². The van der Waals surface area contributed by atoms with Gasteiger partial charge in [0.2, 0.25) is 5.95 Å². The Morgan fingerprint density at radius 3 is 2.78 bits per heavy atom. The first-order valence-corrected chi connectivity index (χ1v) is 9.18. The van der Waals surface area contributed by atoms with E-state index >= 15 is 0 Å². The van der Waals surface area contributed by atoms with Gasteiger partial charge in [-0.3, -0.25) is 9.88 Å². The van der Waals surface area contributed by atoms with Crippen LogP contribution in [0, 0.1) is 5.82 Å². The summed E-state index contributed by atoms with van der Waals surface area (Å²) in [5, 5.41) is 0. The van der Waals surface area contributed by atoms with E-state index in [1.807, 2.05) is 12.3 Å². The van der Waals surface area contributed by atoms with Crippen LogP contribution in [0.4, 0.5) is 10.3 Å². The normalized spacial score (nSPS) is 17.7. The van der Waals surface area contributed by atoms with Crippen LogP contribution in [0.3, 0.4) is 0 Å². The van der Waals surface area contributed by atoms with Gasteiger partial charge in [-0.05, 0) is 48.7 Å². The van der Waals surface area contributed by atoms with Gasteiger partial charge in [0, 0.05) is 43.2 Å².